The largest absolute Gasteiger partial charge is 0.503 e. The number of H-pyrrole nitrogens is 1. The summed E-state index contributed by atoms with van der Waals surface area (Å²) in [5.41, 5.74) is 1.12. The third kappa shape index (κ3) is 2.35. The van der Waals surface area contributed by atoms with Crippen LogP contribution in [0.4, 0.5) is 10.3 Å². The van der Waals surface area contributed by atoms with Gasteiger partial charge in [-0.15, -0.1) is 5.10 Å². The Morgan fingerprint density at radius 1 is 1.08 bits per heavy atom. The highest BCUT2D eigenvalue weighted by Crippen LogP contribution is 2.44. The molecule has 4 rings (SSSR count). The van der Waals surface area contributed by atoms with Gasteiger partial charge < -0.3 is 5.11 Å². The van der Waals surface area contributed by atoms with Gasteiger partial charge in [-0.3, -0.25) is 9.69 Å². The molecule has 0 unspecified atom stereocenters. The maximum atomic E-state index is 14.5. The zero-order valence-corrected chi connectivity index (χ0v) is 12.8. The molecule has 2 N–H and O–H groups in total. The maximum absolute atomic E-state index is 14.5. The molecule has 0 saturated carbocycles. The van der Waals surface area contributed by atoms with Crippen molar-refractivity contribution in [3.63, 3.8) is 0 Å². The molecule has 0 aliphatic carbocycles. The molecule has 1 aromatic heterocycles. The molecule has 124 valence electrons. The molecule has 3 aromatic rings. The van der Waals surface area contributed by atoms with Crippen molar-refractivity contribution in [2.45, 2.75) is 6.04 Å². The Hall–Kier alpha value is -3.55. The van der Waals surface area contributed by atoms with E-state index < -0.39 is 23.5 Å². The minimum absolute atomic E-state index is 0.0456. The number of aromatic nitrogens is 4. The van der Waals surface area contributed by atoms with Gasteiger partial charge in [0.2, 0.25) is 0 Å². The fourth-order valence-corrected chi connectivity index (χ4v) is 2.97. The highest BCUT2D eigenvalue weighted by molar-refractivity contribution is 6.15. The van der Waals surface area contributed by atoms with Gasteiger partial charge in [0, 0.05) is 11.1 Å². The van der Waals surface area contributed by atoms with Crippen LogP contribution in [0.5, 0.6) is 0 Å². The minimum atomic E-state index is -0.909. The van der Waals surface area contributed by atoms with E-state index in [1.807, 2.05) is 6.07 Å². The van der Waals surface area contributed by atoms with E-state index in [-0.39, 0.29) is 11.5 Å². The number of nitrogens with one attached hydrogen (secondary N) is 1. The van der Waals surface area contributed by atoms with E-state index in [1.54, 1.807) is 42.5 Å². The van der Waals surface area contributed by atoms with Crippen molar-refractivity contribution in [1.82, 2.24) is 20.6 Å². The van der Waals surface area contributed by atoms with Crippen molar-refractivity contribution >= 4 is 17.4 Å². The topological polar surface area (TPSA) is 95.0 Å². The summed E-state index contributed by atoms with van der Waals surface area (Å²) in [6.07, 6.45) is 0. The number of aliphatic hydroxyl groups is 1. The molecule has 7 nitrogen and oxygen atoms in total. The molecule has 0 bridgehead atoms. The van der Waals surface area contributed by atoms with E-state index in [0.717, 1.165) is 4.90 Å². The minimum Gasteiger partial charge on any atom is -0.503 e. The van der Waals surface area contributed by atoms with Gasteiger partial charge in [-0.1, -0.05) is 53.6 Å². The number of nitrogens with zero attached hydrogens (tertiary/aromatic N) is 4. The van der Waals surface area contributed by atoms with E-state index in [1.165, 1.54) is 6.07 Å². The summed E-state index contributed by atoms with van der Waals surface area (Å²) >= 11 is 0. The van der Waals surface area contributed by atoms with Gasteiger partial charge in [-0.25, -0.2) is 4.39 Å². The lowest BCUT2D eigenvalue weighted by atomic mass is 9.93. The van der Waals surface area contributed by atoms with E-state index in [2.05, 4.69) is 20.6 Å². The van der Waals surface area contributed by atoms with Crippen LogP contribution < -0.4 is 4.90 Å². The Kier molecular flexibility index (Phi) is 3.50. The van der Waals surface area contributed by atoms with Crippen LogP contribution in [-0.2, 0) is 4.79 Å². The fourth-order valence-electron chi connectivity index (χ4n) is 2.97. The van der Waals surface area contributed by atoms with Crippen LogP contribution in [0.25, 0.3) is 5.57 Å². The van der Waals surface area contributed by atoms with E-state index >= 15 is 0 Å². The molecule has 1 atom stereocenters. The van der Waals surface area contributed by atoms with Crippen LogP contribution >= 0.6 is 0 Å². The molecule has 1 amide bonds. The Bertz CT molecular complexity index is 956. The number of benzene rings is 2. The second kappa shape index (κ2) is 5.82. The number of amides is 1. The van der Waals surface area contributed by atoms with Gasteiger partial charge in [0.05, 0.1) is 6.04 Å². The summed E-state index contributed by atoms with van der Waals surface area (Å²) in [5, 5.41) is 23.8. The number of aliphatic hydroxyl groups excluding tert-OH is 1. The normalized spacial score (nSPS) is 17.4. The molecule has 0 spiro atoms. The van der Waals surface area contributed by atoms with Crippen molar-refractivity contribution in [2.75, 3.05) is 4.90 Å². The monoisotopic (exact) mass is 337 g/mol. The number of anilines is 1. The van der Waals surface area contributed by atoms with Crippen LogP contribution in [0.1, 0.15) is 17.2 Å². The first-order valence-electron chi connectivity index (χ1n) is 7.48. The van der Waals surface area contributed by atoms with E-state index in [4.69, 9.17) is 0 Å². The quantitative estimate of drug-likeness (QED) is 0.765. The molecule has 2 aromatic carbocycles. The van der Waals surface area contributed by atoms with Gasteiger partial charge in [0.1, 0.15) is 5.82 Å². The van der Waals surface area contributed by atoms with Crippen molar-refractivity contribution in [3.8, 4) is 0 Å². The lowest BCUT2D eigenvalue weighted by molar-refractivity contribution is -0.117. The van der Waals surface area contributed by atoms with Gasteiger partial charge in [-0.05, 0) is 16.8 Å². The number of tetrazole rings is 1. The Morgan fingerprint density at radius 3 is 2.48 bits per heavy atom. The second-order valence-corrected chi connectivity index (χ2v) is 5.44. The van der Waals surface area contributed by atoms with Gasteiger partial charge in [0.15, 0.2) is 5.76 Å². The number of hydrogen-bond acceptors (Lipinski definition) is 5. The molecule has 8 heteroatoms. The molecule has 0 saturated heterocycles. The first kappa shape index (κ1) is 15.0. The summed E-state index contributed by atoms with van der Waals surface area (Å²) in [6, 6.07) is 14.0. The SMILES string of the molecule is O=C1C(O)=C(c2ccccc2)[C@@H](c2ccccc2F)N1c1nn[nH]n1. The first-order valence-corrected chi connectivity index (χ1v) is 7.48. The van der Waals surface area contributed by atoms with Crippen LogP contribution in [-0.4, -0.2) is 31.6 Å². The summed E-state index contributed by atoms with van der Waals surface area (Å²) in [4.78, 5) is 13.8. The number of carbonyl (C=O) groups is 1. The van der Waals surface area contributed by atoms with Crippen molar-refractivity contribution in [3.05, 3.63) is 77.3 Å². The number of rotatable bonds is 3. The lowest BCUT2D eigenvalue weighted by Gasteiger charge is -2.24. The third-order valence-corrected chi connectivity index (χ3v) is 4.04. The zero-order valence-electron chi connectivity index (χ0n) is 12.8. The number of hydrogen-bond donors (Lipinski definition) is 2. The molecular weight excluding hydrogens is 325 g/mol. The van der Waals surface area contributed by atoms with Gasteiger partial charge in [0.25, 0.3) is 11.9 Å². The molecule has 1 aliphatic heterocycles. The highest BCUT2D eigenvalue weighted by Gasteiger charge is 2.44. The van der Waals surface area contributed by atoms with Crippen molar-refractivity contribution in [1.29, 1.82) is 0 Å². The van der Waals surface area contributed by atoms with Gasteiger partial charge >= 0.3 is 0 Å². The third-order valence-electron chi connectivity index (χ3n) is 4.04. The Labute approximate surface area is 141 Å². The Morgan fingerprint density at radius 2 is 1.80 bits per heavy atom. The second-order valence-electron chi connectivity index (χ2n) is 5.44. The van der Waals surface area contributed by atoms with Crippen LogP contribution in [0.15, 0.2) is 60.4 Å². The molecule has 0 fully saturated rings. The summed E-state index contributed by atoms with van der Waals surface area (Å²) in [5.74, 6) is -1.73. The molecule has 25 heavy (non-hydrogen) atoms. The predicted octanol–water partition coefficient (Wildman–Crippen LogP) is 2.40. The average Bonchev–Trinajstić information content (AvgIpc) is 3.24. The van der Waals surface area contributed by atoms with Crippen LogP contribution in [0.3, 0.4) is 0 Å². The van der Waals surface area contributed by atoms with E-state index in [0.29, 0.717) is 11.1 Å². The zero-order chi connectivity index (χ0) is 17.4. The summed E-state index contributed by atoms with van der Waals surface area (Å²) < 4.78 is 14.5. The number of aromatic amines is 1. The lowest BCUT2D eigenvalue weighted by Crippen LogP contribution is -2.31. The summed E-state index contributed by atoms with van der Waals surface area (Å²) in [7, 11) is 0. The van der Waals surface area contributed by atoms with Gasteiger partial charge in [-0.2, -0.15) is 5.21 Å². The Balaban J connectivity index is 1.95. The van der Waals surface area contributed by atoms with Crippen LogP contribution in [0, 0.1) is 5.82 Å². The number of carbonyl (C=O) groups excluding carboxylic acids is 1. The number of halogens is 1. The predicted molar refractivity (Wildman–Crippen MR) is 86.8 cm³/mol. The van der Waals surface area contributed by atoms with Crippen LogP contribution in [0.2, 0.25) is 0 Å². The highest BCUT2D eigenvalue weighted by atomic mass is 19.1. The molecule has 1 aliphatic rings. The summed E-state index contributed by atoms with van der Waals surface area (Å²) in [6.45, 7) is 0. The van der Waals surface area contributed by atoms with E-state index in [9.17, 15) is 14.3 Å². The maximum Gasteiger partial charge on any atom is 0.296 e. The van der Waals surface area contributed by atoms with Crippen molar-refractivity contribution in [2.24, 2.45) is 0 Å². The smallest absolute Gasteiger partial charge is 0.296 e. The molecule has 0 radical (unpaired) electrons. The van der Waals surface area contributed by atoms with Crippen molar-refractivity contribution < 1.29 is 14.3 Å². The standard InChI is InChI=1S/C17H12FN5O2/c18-12-9-5-4-8-11(12)14-13(10-6-2-1-3-7-10)15(24)16(25)23(14)17-19-21-22-20-17/h1-9,14,24H,(H,19,20,21,22)/t14-/m1/s1. The molecular formula is C17H12FN5O2. The fraction of sp³-hybridized carbons (Fsp3) is 0.0588. The first-order chi connectivity index (χ1) is 12.2. The average molecular weight is 337 g/mol. The molecule has 2 heterocycles.